The minimum absolute atomic E-state index is 0.00499. The number of halogens is 1. The van der Waals surface area contributed by atoms with E-state index in [4.69, 9.17) is 38.4 Å². The van der Waals surface area contributed by atoms with Crippen LogP contribution >= 0.6 is 11.6 Å². The topological polar surface area (TPSA) is 105 Å². The molecule has 0 aliphatic heterocycles. The van der Waals surface area contributed by atoms with Gasteiger partial charge in [-0.3, -0.25) is 10.3 Å². The average molecular weight is 435 g/mol. The van der Waals surface area contributed by atoms with E-state index < -0.39 is 0 Å². The van der Waals surface area contributed by atoms with Gasteiger partial charge in [0.2, 0.25) is 0 Å². The summed E-state index contributed by atoms with van der Waals surface area (Å²) in [5, 5.41) is 9.91. The van der Waals surface area contributed by atoms with Crippen molar-refractivity contribution >= 4 is 46.4 Å². The highest BCUT2D eigenvalue weighted by molar-refractivity contribution is 6.30. The average Bonchev–Trinajstić information content (AvgIpc) is 2.75. The maximum Gasteiger partial charge on any atom is 0.194 e. The van der Waals surface area contributed by atoms with Gasteiger partial charge >= 0.3 is 0 Å². The molecule has 2 aromatic carbocycles. The van der Waals surface area contributed by atoms with E-state index >= 15 is 0 Å². The number of aryl methyl sites for hydroxylation is 1. The van der Waals surface area contributed by atoms with E-state index in [2.05, 4.69) is 6.07 Å². The molecule has 1 heterocycles. The monoisotopic (exact) mass is 434 g/mol. The van der Waals surface area contributed by atoms with E-state index in [-0.39, 0.29) is 18.0 Å². The van der Waals surface area contributed by atoms with Crippen LogP contribution in [0.2, 0.25) is 5.02 Å². The van der Waals surface area contributed by atoms with Crippen LogP contribution < -0.4 is 16.4 Å². The SMILES string of the molecule is Cc1ccc2nc(/C=C\c3ccc(Cl)cc3)nc(N(C(=N)N)C3CCC(N)CC3)c2c1. The number of hydrogen-bond donors (Lipinski definition) is 3. The largest absolute Gasteiger partial charge is 0.370 e. The van der Waals surface area contributed by atoms with Crippen LogP contribution in [0.1, 0.15) is 42.6 Å². The van der Waals surface area contributed by atoms with E-state index in [0.717, 1.165) is 47.7 Å². The summed E-state index contributed by atoms with van der Waals surface area (Å²) in [6, 6.07) is 14.0. The molecule has 0 radical (unpaired) electrons. The Hall–Kier alpha value is -2.96. The van der Waals surface area contributed by atoms with Crippen LogP contribution in [0.25, 0.3) is 23.1 Å². The highest BCUT2D eigenvalue weighted by Gasteiger charge is 2.28. The van der Waals surface area contributed by atoms with E-state index in [1.807, 2.05) is 60.4 Å². The number of fused-ring (bicyclic) bond motifs is 1. The molecule has 1 aliphatic rings. The Kier molecular flexibility index (Phi) is 6.20. The number of guanidine groups is 1. The zero-order chi connectivity index (χ0) is 22.0. The van der Waals surface area contributed by atoms with Gasteiger partial charge in [-0.05, 0) is 68.5 Å². The summed E-state index contributed by atoms with van der Waals surface area (Å²) < 4.78 is 0. The minimum atomic E-state index is -0.00499. The molecule has 3 aromatic rings. The highest BCUT2D eigenvalue weighted by atomic mass is 35.5. The second kappa shape index (κ2) is 9.04. The summed E-state index contributed by atoms with van der Waals surface area (Å²) in [4.78, 5) is 11.4. The van der Waals surface area contributed by atoms with Crippen molar-refractivity contribution in [3.05, 3.63) is 64.4 Å². The van der Waals surface area contributed by atoms with Gasteiger partial charge in [-0.2, -0.15) is 0 Å². The van der Waals surface area contributed by atoms with Crippen LogP contribution in [0.5, 0.6) is 0 Å². The van der Waals surface area contributed by atoms with Crippen LogP contribution in [0.4, 0.5) is 5.82 Å². The summed E-state index contributed by atoms with van der Waals surface area (Å²) >= 11 is 5.98. The molecule has 31 heavy (non-hydrogen) atoms. The lowest BCUT2D eigenvalue weighted by atomic mass is 9.90. The van der Waals surface area contributed by atoms with Crippen molar-refractivity contribution in [3.63, 3.8) is 0 Å². The smallest absolute Gasteiger partial charge is 0.194 e. The molecule has 0 spiro atoms. The predicted molar refractivity (Wildman–Crippen MR) is 129 cm³/mol. The van der Waals surface area contributed by atoms with E-state index in [9.17, 15) is 0 Å². The van der Waals surface area contributed by atoms with Crippen LogP contribution in [0.15, 0.2) is 42.5 Å². The lowest BCUT2D eigenvalue weighted by molar-refractivity contribution is 0.393. The lowest BCUT2D eigenvalue weighted by Crippen LogP contribution is -2.48. The zero-order valence-corrected chi connectivity index (χ0v) is 18.3. The maximum absolute atomic E-state index is 8.31. The van der Waals surface area contributed by atoms with E-state index in [1.165, 1.54) is 0 Å². The van der Waals surface area contributed by atoms with Crippen molar-refractivity contribution in [2.75, 3.05) is 4.90 Å². The number of hydrogen-bond acceptors (Lipinski definition) is 4. The van der Waals surface area contributed by atoms with Gasteiger partial charge in [0, 0.05) is 22.5 Å². The molecular formula is C24H27ClN6. The Morgan fingerprint density at radius 3 is 2.45 bits per heavy atom. The summed E-state index contributed by atoms with van der Waals surface area (Å²) in [6.45, 7) is 2.04. The van der Waals surface area contributed by atoms with Gasteiger partial charge in [0.15, 0.2) is 11.8 Å². The van der Waals surface area contributed by atoms with Crippen molar-refractivity contribution < 1.29 is 0 Å². The van der Waals surface area contributed by atoms with Gasteiger partial charge in [-0.25, -0.2) is 9.97 Å². The standard InChI is InChI=1S/C24H27ClN6/c1-15-2-12-21-20(14-15)23(31(24(27)28)19-10-8-18(26)9-11-19)30-22(29-21)13-5-16-3-6-17(25)7-4-16/h2-7,12-14,18-19H,8-11,26H2,1H3,(H3,27,28)/b13-5-. The second-order valence-electron chi connectivity index (χ2n) is 8.13. The molecule has 1 aliphatic carbocycles. The zero-order valence-electron chi connectivity index (χ0n) is 17.6. The van der Waals surface area contributed by atoms with Crippen molar-refractivity contribution in [1.82, 2.24) is 9.97 Å². The molecule has 1 fully saturated rings. The first kappa shape index (κ1) is 21.3. The number of nitrogens with two attached hydrogens (primary N) is 2. The fourth-order valence-electron chi connectivity index (χ4n) is 4.09. The van der Waals surface area contributed by atoms with Gasteiger partial charge in [-0.1, -0.05) is 41.4 Å². The molecule has 1 saturated carbocycles. The summed E-state index contributed by atoms with van der Waals surface area (Å²) in [5.74, 6) is 1.24. The second-order valence-corrected chi connectivity index (χ2v) is 8.57. The molecule has 1 aromatic heterocycles. The Morgan fingerprint density at radius 2 is 1.77 bits per heavy atom. The van der Waals surface area contributed by atoms with Crippen molar-refractivity contribution in [3.8, 4) is 0 Å². The first-order valence-electron chi connectivity index (χ1n) is 10.5. The third-order valence-corrected chi connectivity index (χ3v) is 5.99. The third-order valence-electron chi connectivity index (χ3n) is 5.74. The number of anilines is 1. The van der Waals surface area contributed by atoms with Crippen molar-refractivity contribution in [1.29, 1.82) is 5.41 Å². The molecule has 0 atom stereocenters. The molecule has 5 N–H and O–H groups in total. The van der Waals surface area contributed by atoms with E-state index in [0.29, 0.717) is 16.7 Å². The predicted octanol–water partition coefficient (Wildman–Crippen LogP) is 4.73. The molecule has 0 amide bonds. The summed E-state index contributed by atoms with van der Waals surface area (Å²) in [6.07, 6.45) is 7.43. The highest BCUT2D eigenvalue weighted by Crippen LogP contribution is 2.31. The Balaban J connectivity index is 1.78. The molecule has 160 valence electrons. The minimum Gasteiger partial charge on any atom is -0.370 e. The molecule has 0 bridgehead atoms. The normalized spacial score (nSPS) is 19.1. The van der Waals surface area contributed by atoms with Crippen LogP contribution in [0.3, 0.4) is 0 Å². The maximum atomic E-state index is 8.31. The van der Waals surface area contributed by atoms with Crippen LogP contribution in [-0.2, 0) is 0 Å². The van der Waals surface area contributed by atoms with Crippen molar-refractivity contribution in [2.24, 2.45) is 11.5 Å². The van der Waals surface area contributed by atoms with Gasteiger partial charge < -0.3 is 11.5 Å². The van der Waals surface area contributed by atoms with Crippen LogP contribution in [0, 0.1) is 12.3 Å². The molecule has 0 saturated heterocycles. The number of rotatable bonds is 4. The molecule has 7 heteroatoms. The van der Waals surface area contributed by atoms with Gasteiger partial charge in [0.05, 0.1) is 5.52 Å². The Bertz CT molecular complexity index is 1120. The number of nitrogens with zero attached hydrogens (tertiary/aromatic N) is 3. The number of nitrogens with one attached hydrogen (secondary N) is 1. The van der Waals surface area contributed by atoms with Gasteiger partial charge in [0.1, 0.15) is 5.82 Å². The Labute approximate surface area is 187 Å². The number of aromatic nitrogens is 2. The quantitative estimate of drug-likeness (QED) is 0.406. The molecule has 4 rings (SSSR count). The fraction of sp³-hybridized carbons (Fsp3) is 0.292. The number of benzene rings is 2. The third kappa shape index (κ3) is 4.86. The summed E-state index contributed by atoms with van der Waals surface area (Å²) in [7, 11) is 0. The molecule has 6 nitrogen and oxygen atoms in total. The Morgan fingerprint density at radius 1 is 1.06 bits per heavy atom. The van der Waals surface area contributed by atoms with Crippen molar-refractivity contribution in [2.45, 2.75) is 44.7 Å². The van der Waals surface area contributed by atoms with Crippen LogP contribution in [-0.4, -0.2) is 28.0 Å². The van der Waals surface area contributed by atoms with E-state index in [1.54, 1.807) is 0 Å². The lowest BCUT2D eigenvalue weighted by Gasteiger charge is -2.36. The first-order chi connectivity index (χ1) is 14.9. The van der Waals surface area contributed by atoms with Gasteiger partial charge in [0.25, 0.3) is 0 Å². The molecular weight excluding hydrogens is 408 g/mol. The summed E-state index contributed by atoms with van der Waals surface area (Å²) in [5.41, 5.74) is 15.1. The fourth-order valence-corrected chi connectivity index (χ4v) is 4.22. The molecule has 0 unspecified atom stereocenters. The first-order valence-corrected chi connectivity index (χ1v) is 10.9. The van der Waals surface area contributed by atoms with Gasteiger partial charge in [-0.15, -0.1) is 0 Å².